The number of benzene rings is 1. The molecule has 1 amide bonds. The van der Waals surface area contributed by atoms with E-state index in [0.717, 1.165) is 18.6 Å². The van der Waals surface area contributed by atoms with E-state index in [2.05, 4.69) is 31.0 Å². The predicted octanol–water partition coefficient (Wildman–Crippen LogP) is 1.82. The molecular weight excluding hydrogens is 266 g/mol. The molecule has 2 N–H and O–H groups in total. The van der Waals surface area contributed by atoms with Crippen LogP contribution in [0.5, 0.6) is 0 Å². The molecule has 0 saturated heterocycles. The quantitative estimate of drug-likeness (QED) is 0.594. The van der Waals surface area contributed by atoms with E-state index in [1.165, 1.54) is 0 Å². The van der Waals surface area contributed by atoms with E-state index in [1.807, 2.05) is 0 Å². The van der Waals surface area contributed by atoms with Gasteiger partial charge >= 0.3 is 0 Å². The maximum Gasteiger partial charge on any atom is 0.251 e. The van der Waals surface area contributed by atoms with Gasteiger partial charge in [0.2, 0.25) is 0 Å². The second kappa shape index (κ2) is 9.98. The molecule has 1 aromatic rings. The number of carbonyl (C=O) groups is 1. The standard InChI is InChI=1S/C17H23NO3/c1-14(2)13-21-11-5-9-18-17(20)16-8-3-6-15(12-16)7-4-10-19/h3,6,8,12,14,19H,5,9-11,13H2,1-2H3,(H,18,20). The number of carbonyl (C=O) groups excluding carboxylic acids is 1. The molecule has 0 atom stereocenters. The summed E-state index contributed by atoms with van der Waals surface area (Å²) in [4.78, 5) is 12.0. The molecule has 0 saturated carbocycles. The highest BCUT2D eigenvalue weighted by molar-refractivity contribution is 5.94. The molecule has 0 fully saturated rings. The van der Waals surface area contributed by atoms with E-state index in [-0.39, 0.29) is 12.5 Å². The number of hydrogen-bond acceptors (Lipinski definition) is 3. The lowest BCUT2D eigenvalue weighted by atomic mass is 10.1. The highest BCUT2D eigenvalue weighted by Gasteiger charge is 2.04. The third-order valence-electron chi connectivity index (χ3n) is 2.64. The van der Waals surface area contributed by atoms with Crippen LogP contribution in [-0.4, -0.2) is 37.4 Å². The highest BCUT2D eigenvalue weighted by atomic mass is 16.5. The Hall–Kier alpha value is -1.83. The lowest BCUT2D eigenvalue weighted by molar-refractivity contribution is 0.0925. The first-order valence-electron chi connectivity index (χ1n) is 7.19. The molecular formula is C17H23NO3. The van der Waals surface area contributed by atoms with Crippen molar-refractivity contribution < 1.29 is 14.6 Å². The summed E-state index contributed by atoms with van der Waals surface area (Å²) in [6.45, 7) is 6.01. The lowest BCUT2D eigenvalue weighted by Gasteiger charge is -2.08. The fourth-order valence-electron chi connectivity index (χ4n) is 1.68. The summed E-state index contributed by atoms with van der Waals surface area (Å²) in [5.74, 6) is 5.76. The van der Waals surface area contributed by atoms with Gasteiger partial charge < -0.3 is 15.2 Å². The SMILES string of the molecule is CC(C)COCCCNC(=O)c1cccc(C#CCO)c1. The Morgan fingerprint density at radius 2 is 2.24 bits per heavy atom. The van der Waals surface area contributed by atoms with Crippen LogP contribution in [0.2, 0.25) is 0 Å². The van der Waals surface area contributed by atoms with Gasteiger partial charge in [-0.2, -0.15) is 0 Å². The second-order valence-electron chi connectivity index (χ2n) is 5.12. The molecule has 0 aromatic heterocycles. The first-order chi connectivity index (χ1) is 10.1. The molecule has 0 aliphatic rings. The van der Waals surface area contributed by atoms with Crippen LogP contribution in [0.1, 0.15) is 36.2 Å². The summed E-state index contributed by atoms with van der Waals surface area (Å²) < 4.78 is 5.45. The predicted molar refractivity (Wildman–Crippen MR) is 83.0 cm³/mol. The molecule has 0 heterocycles. The second-order valence-corrected chi connectivity index (χ2v) is 5.12. The molecule has 0 bridgehead atoms. The van der Waals surface area contributed by atoms with Crippen LogP contribution in [0.3, 0.4) is 0 Å². The molecule has 0 aliphatic carbocycles. The van der Waals surface area contributed by atoms with Gasteiger partial charge in [-0.05, 0) is 30.5 Å². The van der Waals surface area contributed by atoms with Crippen molar-refractivity contribution in [2.24, 2.45) is 5.92 Å². The summed E-state index contributed by atoms with van der Waals surface area (Å²) >= 11 is 0. The zero-order valence-corrected chi connectivity index (χ0v) is 12.7. The summed E-state index contributed by atoms with van der Waals surface area (Å²) in [6, 6.07) is 7.04. The maximum atomic E-state index is 12.0. The van der Waals surface area contributed by atoms with Crippen LogP contribution in [0.15, 0.2) is 24.3 Å². The van der Waals surface area contributed by atoms with Crippen molar-refractivity contribution in [1.29, 1.82) is 0 Å². The summed E-state index contributed by atoms with van der Waals surface area (Å²) in [5, 5.41) is 11.5. The van der Waals surface area contributed by atoms with Crippen LogP contribution >= 0.6 is 0 Å². The van der Waals surface area contributed by atoms with Crippen molar-refractivity contribution in [3.8, 4) is 11.8 Å². The fraction of sp³-hybridized carbons (Fsp3) is 0.471. The van der Waals surface area contributed by atoms with Gasteiger partial charge in [0.05, 0.1) is 0 Å². The van der Waals surface area contributed by atoms with Gasteiger partial charge in [0.15, 0.2) is 0 Å². The van der Waals surface area contributed by atoms with Gasteiger partial charge in [-0.25, -0.2) is 0 Å². The molecule has 21 heavy (non-hydrogen) atoms. The molecule has 0 spiro atoms. The number of hydrogen-bond donors (Lipinski definition) is 2. The molecule has 114 valence electrons. The average molecular weight is 289 g/mol. The van der Waals surface area contributed by atoms with Crippen LogP contribution in [0, 0.1) is 17.8 Å². The highest BCUT2D eigenvalue weighted by Crippen LogP contribution is 2.04. The van der Waals surface area contributed by atoms with Crippen molar-refractivity contribution in [3.05, 3.63) is 35.4 Å². The van der Waals surface area contributed by atoms with Crippen LogP contribution in [-0.2, 0) is 4.74 Å². The zero-order chi connectivity index (χ0) is 15.5. The number of rotatable bonds is 7. The summed E-state index contributed by atoms with van der Waals surface area (Å²) in [6.07, 6.45) is 0.794. The van der Waals surface area contributed by atoms with E-state index in [1.54, 1.807) is 24.3 Å². The van der Waals surface area contributed by atoms with Gasteiger partial charge in [0, 0.05) is 30.9 Å². The zero-order valence-electron chi connectivity index (χ0n) is 12.7. The topological polar surface area (TPSA) is 58.6 Å². The van der Waals surface area contributed by atoms with Crippen molar-refractivity contribution in [2.45, 2.75) is 20.3 Å². The van der Waals surface area contributed by atoms with E-state index < -0.39 is 0 Å². The maximum absolute atomic E-state index is 12.0. The number of nitrogens with one attached hydrogen (secondary N) is 1. The fourth-order valence-corrected chi connectivity index (χ4v) is 1.68. The molecule has 0 unspecified atom stereocenters. The summed E-state index contributed by atoms with van der Waals surface area (Å²) in [7, 11) is 0. The van der Waals surface area contributed by atoms with Crippen LogP contribution in [0.25, 0.3) is 0 Å². The number of aliphatic hydroxyl groups excluding tert-OH is 1. The minimum absolute atomic E-state index is 0.119. The Morgan fingerprint density at radius 1 is 1.43 bits per heavy atom. The lowest BCUT2D eigenvalue weighted by Crippen LogP contribution is -2.25. The van der Waals surface area contributed by atoms with E-state index in [0.29, 0.717) is 24.6 Å². The first-order valence-corrected chi connectivity index (χ1v) is 7.19. The van der Waals surface area contributed by atoms with Gasteiger partial charge in [0.25, 0.3) is 5.91 Å². The number of amides is 1. The van der Waals surface area contributed by atoms with Crippen molar-refractivity contribution in [1.82, 2.24) is 5.32 Å². The van der Waals surface area contributed by atoms with Crippen molar-refractivity contribution >= 4 is 5.91 Å². The minimum Gasteiger partial charge on any atom is -0.384 e. The molecule has 1 rings (SSSR count). The molecule has 0 radical (unpaired) electrons. The Labute approximate surface area is 126 Å². The Kier molecular flexibility index (Phi) is 8.18. The molecule has 4 heteroatoms. The first kappa shape index (κ1) is 17.2. The average Bonchev–Trinajstić information content (AvgIpc) is 2.48. The smallest absolute Gasteiger partial charge is 0.251 e. The van der Waals surface area contributed by atoms with Gasteiger partial charge in [-0.3, -0.25) is 4.79 Å². The van der Waals surface area contributed by atoms with Gasteiger partial charge in [-0.1, -0.05) is 31.8 Å². The monoisotopic (exact) mass is 289 g/mol. The molecule has 1 aromatic carbocycles. The van der Waals surface area contributed by atoms with Gasteiger partial charge in [0.1, 0.15) is 6.61 Å². The van der Waals surface area contributed by atoms with Crippen molar-refractivity contribution in [2.75, 3.05) is 26.4 Å². The normalized spacial score (nSPS) is 10.1. The summed E-state index contributed by atoms with van der Waals surface area (Å²) in [5.41, 5.74) is 1.29. The van der Waals surface area contributed by atoms with Crippen LogP contribution < -0.4 is 5.32 Å². The van der Waals surface area contributed by atoms with Gasteiger partial charge in [-0.15, -0.1) is 0 Å². The van der Waals surface area contributed by atoms with E-state index >= 15 is 0 Å². The molecule has 4 nitrogen and oxygen atoms in total. The minimum atomic E-state index is -0.188. The van der Waals surface area contributed by atoms with E-state index in [9.17, 15) is 4.79 Å². The third kappa shape index (κ3) is 7.50. The Balaban J connectivity index is 2.35. The third-order valence-corrected chi connectivity index (χ3v) is 2.64. The Morgan fingerprint density at radius 3 is 2.95 bits per heavy atom. The Bertz CT molecular complexity index is 500. The number of ether oxygens (including phenoxy) is 1. The van der Waals surface area contributed by atoms with E-state index in [4.69, 9.17) is 9.84 Å². The largest absolute Gasteiger partial charge is 0.384 e. The van der Waals surface area contributed by atoms with Crippen molar-refractivity contribution in [3.63, 3.8) is 0 Å². The molecule has 0 aliphatic heterocycles. The number of aliphatic hydroxyl groups is 1. The van der Waals surface area contributed by atoms with Crippen LogP contribution in [0.4, 0.5) is 0 Å².